The Balaban J connectivity index is 1.94. The van der Waals surface area contributed by atoms with E-state index in [9.17, 15) is 4.79 Å². The van der Waals surface area contributed by atoms with E-state index >= 15 is 0 Å². The van der Waals surface area contributed by atoms with Crippen molar-refractivity contribution in [2.45, 2.75) is 46.6 Å². The van der Waals surface area contributed by atoms with Gasteiger partial charge in [-0.1, -0.05) is 50.7 Å². The van der Waals surface area contributed by atoms with Crippen LogP contribution >= 0.6 is 11.3 Å². The predicted molar refractivity (Wildman–Crippen MR) is 99.5 cm³/mol. The molecule has 0 fully saturated rings. The summed E-state index contributed by atoms with van der Waals surface area (Å²) in [4.78, 5) is 14.6. The molecule has 5 nitrogen and oxygen atoms in total. The molecule has 24 heavy (non-hydrogen) atoms. The lowest BCUT2D eigenvalue weighted by molar-refractivity contribution is 0.102. The van der Waals surface area contributed by atoms with E-state index in [1.54, 1.807) is 0 Å². The number of aromatic nitrogens is 2. The first-order chi connectivity index (χ1) is 11.7. The van der Waals surface area contributed by atoms with Crippen molar-refractivity contribution < 1.29 is 4.79 Å². The summed E-state index contributed by atoms with van der Waals surface area (Å²) < 4.78 is 0. The molecular weight excluding hydrogens is 320 g/mol. The first-order valence-electron chi connectivity index (χ1n) is 8.61. The molecule has 130 valence electrons. The molecule has 0 saturated heterocycles. The third kappa shape index (κ3) is 5.39. The third-order valence-corrected chi connectivity index (χ3v) is 4.82. The zero-order valence-electron chi connectivity index (χ0n) is 14.7. The van der Waals surface area contributed by atoms with Crippen molar-refractivity contribution in [3.05, 3.63) is 39.8 Å². The number of anilines is 1. The first kappa shape index (κ1) is 18.5. The van der Waals surface area contributed by atoms with Crippen molar-refractivity contribution >= 4 is 22.9 Å². The molecule has 1 amide bonds. The van der Waals surface area contributed by atoms with Gasteiger partial charge < -0.3 is 5.32 Å². The maximum atomic E-state index is 12.3. The van der Waals surface area contributed by atoms with Crippen LogP contribution in [-0.2, 0) is 13.0 Å². The lowest BCUT2D eigenvalue weighted by atomic mass is 10.1. The summed E-state index contributed by atoms with van der Waals surface area (Å²) in [6.07, 6.45) is 3.34. The van der Waals surface area contributed by atoms with Gasteiger partial charge >= 0.3 is 0 Å². The Kier molecular flexibility index (Phi) is 7.34. The zero-order chi connectivity index (χ0) is 17.4. The van der Waals surface area contributed by atoms with E-state index in [0.717, 1.165) is 36.8 Å². The number of unbranched alkanes of at least 4 members (excludes halogenated alkanes) is 1. The Labute approximate surface area is 148 Å². The normalized spacial score (nSPS) is 11.0. The Morgan fingerprint density at radius 2 is 1.92 bits per heavy atom. The molecule has 2 rings (SSSR count). The molecule has 1 N–H and O–H groups in total. The molecule has 0 aliphatic rings. The summed E-state index contributed by atoms with van der Waals surface area (Å²) in [5, 5.41) is 12.4. The van der Waals surface area contributed by atoms with Crippen molar-refractivity contribution in [3.8, 4) is 0 Å². The fraction of sp³-hybridized carbons (Fsp3) is 0.500. The zero-order valence-corrected chi connectivity index (χ0v) is 15.5. The highest BCUT2D eigenvalue weighted by atomic mass is 32.1. The summed E-state index contributed by atoms with van der Waals surface area (Å²) in [5.41, 5.74) is 2.03. The van der Waals surface area contributed by atoms with E-state index < -0.39 is 0 Å². The highest BCUT2D eigenvalue weighted by Crippen LogP contribution is 2.16. The van der Waals surface area contributed by atoms with E-state index in [0.29, 0.717) is 5.01 Å². The highest BCUT2D eigenvalue weighted by Gasteiger charge is 2.14. The number of nitrogens with zero attached hydrogens (tertiary/aromatic N) is 3. The number of benzene rings is 1. The van der Waals surface area contributed by atoms with Gasteiger partial charge in [0, 0.05) is 5.69 Å². The molecular formula is C18H26N4OS. The quantitative estimate of drug-likeness (QED) is 0.746. The lowest BCUT2D eigenvalue weighted by Crippen LogP contribution is -2.23. The minimum atomic E-state index is -0.195. The van der Waals surface area contributed by atoms with Crippen LogP contribution in [0.15, 0.2) is 24.3 Å². The van der Waals surface area contributed by atoms with E-state index in [1.165, 1.54) is 29.7 Å². The van der Waals surface area contributed by atoms with Crippen molar-refractivity contribution in [2.75, 3.05) is 18.4 Å². The summed E-state index contributed by atoms with van der Waals surface area (Å²) >= 11 is 1.37. The molecule has 0 aliphatic carbocycles. The maximum absolute atomic E-state index is 12.3. The molecule has 0 aliphatic heterocycles. The fourth-order valence-electron chi connectivity index (χ4n) is 2.34. The molecule has 1 aromatic carbocycles. The molecule has 0 spiro atoms. The topological polar surface area (TPSA) is 58.1 Å². The van der Waals surface area contributed by atoms with Crippen LogP contribution in [0.25, 0.3) is 0 Å². The Bertz CT molecular complexity index is 639. The van der Waals surface area contributed by atoms with Crippen LogP contribution in [-0.4, -0.2) is 34.1 Å². The molecule has 0 radical (unpaired) electrons. The van der Waals surface area contributed by atoms with Crippen molar-refractivity contribution in [1.29, 1.82) is 0 Å². The minimum absolute atomic E-state index is 0.195. The third-order valence-electron chi connectivity index (χ3n) is 3.92. The summed E-state index contributed by atoms with van der Waals surface area (Å²) in [6, 6.07) is 7.88. The van der Waals surface area contributed by atoms with Crippen molar-refractivity contribution in [2.24, 2.45) is 0 Å². The minimum Gasteiger partial charge on any atom is -0.320 e. The molecule has 0 unspecified atom stereocenters. The lowest BCUT2D eigenvalue weighted by Gasteiger charge is -2.17. The van der Waals surface area contributed by atoms with E-state index in [2.05, 4.69) is 41.2 Å². The van der Waals surface area contributed by atoms with Gasteiger partial charge in [0.1, 0.15) is 5.01 Å². The van der Waals surface area contributed by atoms with Crippen molar-refractivity contribution in [3.63, 3.8) is 0 Å². The molecule has 1 aromatic heterocycles. The number of nitrogens with one attached hydrogen (secondary N) is 1. The molecule has 6 heteroatoms. The predicted octanol–water partition coefficient (Wildman–Crippen LogP) is 3.97. The Morgan fingerprint density at radius 3 is 2.54 bits per heavy atom. The summed E-state index contributed by atoms with van der Waals surface area (Å²) in [5.74, 6) is -0.195. The van der Waals surface area contributed by atoms with Gasteiger partial charge in [-0.2, -0.15) is 0 Å². The number of amides is 1. The van der Waals surface area contributed by atoms with Gasteiger partial charge in [-0.25, -0.2) is 0 Å². The van der Waals surface area contributed by atoms with Crippen LogP contribution in [0, 0.1) is 0 Å². The van der Waals surface area contributed by atoms with Crippen LogP contribution < -0.4 is 5.32 Å². The summed E-state index contributed by atoms with van der Waals surface area (Å²) in [6.45, 7) is 9.23. The highest BCUT2D eigenvalue weighted by molar-refractivity contribution is 7.13. The van der Waals surface area contributed by atoms with Gasteiger partial charge in [-0.3, -0.25) is 9.69 Å². The standard InChI is InChI=1S/C18H26N4OS/c1-4-7-12-22(6-3)13-16-20-21-18(24-16)17(23)19-15-10-8-14(5-2)9-11-15/h8-11H,4-7,12-13H2,1-3H3,(H,19,23). The Hall–Kier alpha value is -1.79. The number of hydrogen-bond donors (Lipinski definition) is 1. The van der Waals surface area contributed by atoms with E-state index in [-0.39, 0.29) is 5.91 Å². The van der Waals surface area contributed by atoms with E-state index in [4.69, 9.17) is 0 Å². The molecule has 2 aromatic rings. The van der Waals surface area contributed by atoms with Gasteiger partial charge in [0.05, 0.1) is 6.54 Å². The van der Waals surface area contributed by atoms with Crippen LogP contribution in [0.4, 0.5) is 5.69 Å². The molecule has 0 saturated carbocycles. The second kappa shape index (κ2) is 9.49. The fourth-order valence-corrected chi connectivity index (χ4v) is 3.12. The molecule has 0 atom stereocenters. The van der Waals surface area contributed by atoms with E-state index in [1.807, 2.05) is 24.3 Å². The number of carbonyl (C=O) groups excluding carboxylic acids is 1. The monoisotopic (exact) mass is 346 g/mol. The first-order valence-corrected chi connectivity index (χ1v) is 9.42. The number of rotatable bonds is 9. The van der Waals surface area contributed by atoms with Crippen LogP contribution in [0.5, 0.6) is 0 Å². The van der Waals surface area contributed by atoms with Crippen LogP contribution in [0.3, 0.4) is 0 Å². The van der Waals surface area contributed by atoms with Gasteiger partial charge in [-0.05, 0) is 43.6 Å². The van der Waals surface area contributed by atoms with Gasteiger partial charge in [0.15, 0.2) is 0 Å². The smallest absolute Gasteiger partial charge is 0.286 e. The summed E-state index contributed by atoms with van der Waals surface area (Å²) in [7, 11) is 0. The number of hydrogen-bond acceptors (Lipinski definition) is 5. The van der Waals surface area contributed by atoms with Crippen molar-refractivity contribution in [1.82, 2.24) is 15.1 Å². The SMILES string of the molecule is CCCCN(CC)Cc1nnc(C(=O)Nc2ccc(CC)cc2)s1. The molecule has 0 bridgehead atoms. The second-order valence-corrected chi connectivity index (χ2v) is 6.79. The van der Waals surface area contributed by atoms with Gasteiger partial charge in [0.2, 0.25) is 5.01 Å². The van der Waals surface area contributed by atoms with Crippen LogP contribution in [0.2, 0.25) is 0 Å². The number of carbonyl (C=O) groups is 1. The average molecular weight is 347 g/mol. The maximum Gasteiger partial charge on any atom is 0.286 e. The number of aryl methyl sites for hydroxylation is 1. The van der Waals surface area contributed by atoms with Crippen LogP contribution in [0.1, 0.15) is 54.0 Å². The van der Waals surface area contributed by atoms with Gasteiger partial charge in [-0.15, -0.1) is 10.2 Å². The van der Waals surface area contributed by atoms with Gasteiger partial charge in [0.25, 0.3) is 5.91 Å². The second-order valence-electron chi connectivity index (χ2n) is 5.73. The molecule has 1 heterocycles. The Morgan fingerprint density at radius 1 is 1.17 bits per heavy atom. The average Bonchev–Trinajstić information content (AvgIpc) is 3.08. The largest absolute Gasteiger partial charge is 0.320 e.